The zero-order chi connectivity index (χ0) is 14.9. The van der Waals surface area contributed by atoms with Gasteiger partial charge in [-0.25, -0.2) is 9.97 Å². The second-order valence-corrected chi connectivity index (χ2v) is 7.51. The molecule has 2 rings (SSSR count). The largest absolute Gasteiger partial charge is 0.384 e. The number of halogens is 1. The van der Waals surface area contributed by atoms with Gasteiger partial charge in [0.25, 0.3) is 0 Å². The van der Waals surface area contributed by atoms with Gasteiger partial charge in [0.1, 0.15) is 17.5 Å². The van der Waals surface area contributed by atoms with Crippen molar-refractivity contribution in [2.45, 2.75) is 39.2 Å². The number of aromatic nitrogens is 2. The fourth-order valence-electron chi connectivity index (χ4n) is 1.73. The van der Waals surface area contributed by atoms with Crippen LogP contribution in [0, 0.1) is 0 Å². The number of hydrogen-bond donors (Lipinski definition) is 2. The Morgan fingerprint density at radius 1 is 1.30 bits per heavy atom. The van der Waals surface area contributed by atoms with Gasteiger partial charge in [-0.3, -0.25) is 0 Å². The third-order valence-electron chi connectivity index (χ3n) is 2.80. The van der Waals surface area contributed by atoms with E-state index in [9.17, 15) is 0 Å². The number of thiophene rings is 1. The molecule has 0 spiro atoms. The molecule has 0 saturated heterocycles. The summed E-state index contributed by atoms with van der Waals surface area (Å²) in [6.07, 6.45) is 0. The van der Waals surface area contributed by atoms with Gasteiger partial charge < -0.3 is 11.1 Å². The van der Waals surface area contributed by atoms with Crippen molar-refractivity contribution >= 4 is 34.6 Å². The molecule has 3 N–H and O–H groups in total. The summed E-state index contributed by atoms with van der Waals surface area (Å²) < 4.78 is 0.784. The maximum atomic E-state index is 5.96. The molecule has 2 aromatic rings. The van der Waals surface area contributed by atoms with Crippen LogP contribution < -0.4 is 11.1 Å². The first-order valence-corrected chi connectivity index (χ1v) is 7.62. The number of nitrogens with one attached hydrogen (secondary N) is 1. The molecule has 2 aromatic heterocycles. The average molecular weight is 311 g/mol. The Kier molecular flexibility index (Phi) is 4.20. The molecule has 0 aliphatic heterocycles. The van der Waals surface area contributed by atoms with Crippen LogP contribution in [0.2, 0.25) is 4.34 Å². The summed E-state index contributed by atoms with van der Waals surface area (Å²) in [5.74, 6) is 1.94. The first-order chi connectivity index (χ1) is 9.25. The van der Waals surface area contributed by atoms with E-state index in [1.54, 1.807) is 17.4 Å². The molecule has 1 atom stereocenters. The Balaban J connectivity index is 2.23. The van der Waals surface area contributed by atoms with E-state index in [1.165, 1.54) is 0 Å². The minimum Gasteiger partial charge on any atom is -0.384 e. The lowest BCUT2D eigenvalue weighted by Crippen LogP contribution is -2.18. The van der Waals surface area contributed by atoms with Crippen molar-refractivity contribution in [2.24, 2.45) is 0 Å². The van der Waals surface area contributed by atoms with Gasteiger partial charge in [-0.05, 0) is 19.1 Å². The maximum absolute atomic E-state index is 5.96. The van der Waals surface area contributed by atoms with E-state index in [0.717, 1.165) is 20.9 Å². The van der Waals surface area contributed by atoms with Crippen molar-refractivity contribution in [3.8, 4) is 0 Å². The van der Waals surface area contributed by atoms with Crippen LogP contribution in [-0.4, -0.2) is 9.97 Å². The van der Waals surface area contributed by atoms with Gasteiger partial charge in [0, 0.05) is 16.4 Å². The topological polar surface area (TPSA) is 63.8 Å². The van der Waals surface area contributed by atoms with E-state index in [0.29, 0.717) is 5.82 Å². The van der Waals surface area contributed by atoms with E-state index in [-0.39, 0.29) is 11.5 Å². The standard InChI is InChI=1S/C14H19ClN4S/c1-8(9-5-6-10(15)20-9)17-12-7-11(16)18-13(19-12)14(2,3)4/h5-8H,1-4H3,(H3,16,17,18,19). The third-order valence-corrected chi connectivity index (χ3v) is 4.22. The van der Waals surface area contributed by atoms with Crippen molar-refractivity contribution in [3.05, 3.63) is 33.2 Å². The van der Waals surface area contributed by atoms with Crippen LogP contribution in [0.1, 0.15) is 44.4 Å². The number of nitrogens with zero attached hydrogens (tertiary/aromatic N) is 2. The first-order valence-electron chi connectivity index (χ1n) is 6.42. The molecule has 108 valence electrons. The van der Waals surface area contributed by atoms with Crippen LogP contribution in [0.15, 0.2) is 18.2 Å². The summed E-state index contributed by atoms with van der Waals surface area (Å²) in [6.45, 7) is 8.26. The zero-order valence-corrected chi connectivity index (χ0v) is 13.6. The molecule has 0 bridgehead atoms. The minimum absolute atomic E-state index is 0.120. The van der Waals surface area contributed by atoms with Gasteiger partial charge in [-0.2, -0.15) is 0 Å². The molecule has 0 fully saturated rings. The van der Waals surface area contributed by atoms with Crippen molar-refractivity contribution < 1.29 is 0 Å². The lowest BCUT2D eigenvalue weighted by molar-refractivity contribution is 0.546. The summed E-state index contributed by atoms with van der Waals surface area (Å²) in [4.78, 5) is 10.0. The molecular weight excluding hydrogens is 292 g/mol. The van der Waals surface area contributed by atoms with Crippen LogP contribution in [0.3, 0.4) is 0 Å². The predicted molar refractivity (Wildman–Crippen MR) is 86.5 cm³/mol. The highest BCUT2D eigenvalue weighted by molar-refractivity contribution is 7.16. The van der Waals surface area contributed by atoms with Crippen LogP contribution >= 0.6 is 22.9 Å². The molecule has 6 heteroatoms. The van der Waals surface area contributed by atoms with Gasteiger partial charge in [0.05, 0.1) is 10.4 Å². The zero-order valence-electron chi connectivity index (χ0n) is 12.1. The smallest absolute Gasteiger partial charge is 0.138 e. The van der Waals surface area contributed by atoms with Crippen molar-refractivity contribution in [1.82, 2.24) is 9.97 Å². The maximum Gasteiger partial charge on any atom is 0.138 e. The van der Waals surface area contributed by atoms with Gasteiger partial charge in [0.2, 0.25) is 0 Å². The van der Waals surface area contributed by atoms with E-state index in [1.807, 2.05) is 12.1 Å². The number of rotatable bonds is 3. The van der Waals surface area contributed by atoms with E-state index in [2.05, 4.69) is 43.0 Å². The molecule has 4 nitrogen and oxygen atoms in total. The van der Waals surface area contributed by atoms with Gasteiger partial charge in [-0.15, -0.1) is 11.3 Å². The van der Waals surface area contributed by atoms with E-state index < -0.39 is 0 Å². The molecule has 1 unspecified atom stereocenters. The molecule has 0 aliphatic carbocycles. The summed E-state index contributed by atoms with van der Waals surface area (Å²) in [6, 6.07) is 5.78. The molecule has 20 heavy (non-hydrogen) atoms. The Hall–Kier alpha value is -1.33. The van der Waals surface area contributed by atoms with Crippen LogP contribution in [0.25, 0.3) is 0 Å². The number of hydrogen-bond acceptors (Lipinski definition) is 5. The van der Waals surface area contributed by atoms with Gasteiger partial charge in [0.15, 0.2) is 0 Å². The molecule has 0 radical (unpaired) electrons. The first kappa shape index (κ1) is 15.1. The highest BCUT2D eigenvalue weighted by Crippen LogP contribution is 2.29. The quantitative estimate of drug-likeness (QED) is 0.889. The number of nitrogens with two attached hydrogens (primary N) is 1. The Morgan fingerprint density at radius 2 is 2.00 bits per heavy atom. The lowest BCUT2D eigenvalue weighted by atomic mass is 9.96. The molecule has 0 amide bonds. The Morgan fingerprint density at radius 3 is 2.55 bits per heavy atom. The van der Waals surface area contributed by atoms with Gasteiger partial charge in [-0.1, -0.05) is 32.4 Å². The van der Waals surface area contributed by atoms with Crippen molar-refractivity contribution in [3.63, 3.8) is 0 Å². The number of anilines is 2. The average Bonchev–Trinajstić information content (AvgIpc) is 2.74. The third kappa shape index (κ3) is 3.61. The van der Waals surface area contributed by atoms with Crippen molar-refractivity contribution in [2.75, 3.05) is 11.1 Å². The molecule has 0 aliphatic rings. The molecule has 2 heterocycles. The second-order valence-electron chi connectivity index (χ2n) is 5.76. The lowest BCUT2D eigenvalue weighted by Gasteiger charge is -2.19. The minimum atomic E-state index is -0.138. The van der Waals surface area contributed by atoms with Crippen LogP contribution in [-0.2, 0) is 5.41 Å². The molecule has 0 saturated carbocycles. The predicted octanol–water partition coefficient (Wildman–Crippen LogP) is 4.24. The van der Waals surface area contributed by atoms with Crippen molar-refractivity contribution in [1.29, 1.82) is 0 Å². The summed E-state index contributed by atoms with van der Waals surface area (Å²) >= 11 is 7.52. The highest BCUT2D eigenvalue weighted by Gasteiger charge is 2.19. The normalized spacial score (nSPS) is 13.2. The van der Waals surface area contributed by atoms with E-state index in [4.69, 9.17) is 17.3 Å². The second kappa shape index (κ2) is 5.58. The SMILES string of the molecule is CC(Nc1cc(N)nc(C(C)(C)C)n1)c1ccc(Cl)s1. The van der Waals surface area contributed by atoms with Crippen LogP contribution in [0.5, 0.6) is 0 Å². The monoisotopic (exact) mass is 310 g/mol. The fraction of sp³-hybridized carbons (Fsp3) is 0.429. The number of nitrogen functional groups attached to an aromatic ring is 1. The molecular formula is C14H19ClN4S. The summed E-state index contributed by atoms with van der Waals surface area (Å²) in [7, 11) is 0. The van der Waals surface area contributed by atoms with E-state index >= 15 is 0 Å². The summed E-state index contributed by atoms with van der Waals surface area (Å²) in [5, 5.41) is 3.35. The Bertz CT molecular complexity index is 603. The fourth-order valence-corrected chi connectivity index (χ4v) is 2.79. The Labute approximate surface area is 128 Å². The molecule has 0 aromatic carbocycles. The summed E-state index contributed by atoms with van der Waals surface area (Å²) in [5.41, 5.74) is 5.73. The van der Waals surface area contributed by atoms with Crippen LogP contribution in [0.4, 0.5) is 11.6 Å². The van der Waals surface area contributed by atoms with Gasteiger partial charge >= 0.3 is 0 Å². The highest BCUT2D eigenvalue weighted by atomic mass is 35.5.